The van der Waals surface area contributed by atoms with Crippen LogP contribution in [0.1, 0.15) is 11.1 Å². The highest BCUT2D eigenvalue weighted by Gasteiger charge is 2.24. The first-order chi connectivity index (χ1) is 12.5. The van der Waals surface area contributed by atoms with Gasteiger partial charge in [-0.3, -0.25) is 4.79 Å². The van der Waals surface area contributed by atoms with Gasteiger partial charge in [-0.25, -0.2) is 0 Å². The Labute approximate surface area is 157 Å². The van der Waals surface area contributed by atoms with Crippen molar-refractivity contribution in [2.75, 3.05) is 26.0 Å². The molecule has 132 valence electrons. The van der Waals surface area contributed by atoms with Crippen LogP contribution in [0.4, 0.5) is 5.69 Å². The zero-order chi connectivity index (χ0) is 18.3. The lowest BCUT2D eigenvalue weighted by atomic mass is 10.0. The number of nitrogens with zero attached hydrogens (tertiary/aromatic N) is 2. The number of amides is 1. The van der Waals surface area contributed by atoms with Gasteiger partial charge in [0.05, 0.1) is 0 Å². The molecule has 1 aromatic heterocycles. The maximum absolute atomic E-state index is 12.4. The second kappa shape index (κ2) is 6.63. The van der Waals surface area contributed by atoms with E-state index in [2.05, 4.69) is 53.3 Å². The minimum absolute atomic E-state index is 0.0923. The van der Waals surface area contributed by atoms with Crippen LogP contribution in [0, 0.1) is 0 Å². The number of halogens is 1. The fourth-order valence-corrected chi connectivity index (χ4v) is 3.44. The van der Waals surface area contributed by atoms with Gasteiger partial charge in [-0.05, 0) is 61.5 Å². The van der Waals surface area contributed by atoms with E-state index in [0.29, 0.717) is 10.6 Å². The number of carbonyl (C=O) groups is 1. The number of aromatic nitrogens is 1. The zero-order valence-corrected chi connectivity index (χ0v) is 15.5. The van der Waals surface area contributed by atoms with Crippen molar-refractivity contribution in [3.05, 3.63) is 64.8 Å². The second-order valence-electron chi connectivity index (χ2n) is 6.83. The Morgan fingerprint density at radius 2 is 2.00 bits per heavy atom. The predicted octanol–water partition coefficient (Wildman–Crippen LogP) is 4.35. The van der Waals surface area contributed by atoms with E-state index in [1.165, 1.54) is 10.9 Å². The number of hydrogen-bond acceptors (Lipinski definition) is 2. The first-order valence-corrected chi connectivity index (χ1v) is 8.96. The van der Waals surface area contributed by atoms with E-state index in [1.807, 2.05) is 24.3 Å². The molecule has 0 unspecified atom stereocenters. The summed E-state index contributed by atoms with van der Waals surface area (Å²) < 4.78 is 2.25. The predicted molar refractivity (Wildman–Crippen MR) is 108 cm³/mol. The molecule has 0 spiro atoms. The van der Waals surface area contributed by atoms with Gasteiger partial charge < -0.3 is 14.8 Å². The number of nitrogens with one attached hydrogen (secondary N) is 1. The molecule has 0 fully saturated rings. The maximum Gasteiger partial charge on any atom is 0.256 e. The van der Waals surface area contributed by atoms with E-state index < -0.39 is 0 Å². The molecule has 1 aliphatic rings. The summed E-state index contributed by atoms with van der Waals surface area (Å²) in [6.07, 6.45) is 4.04. The lowest BCUT2D eigenvalue weighted by molar-refractivity contribution is -0.110. The van der Waals surface area contributed by atoms with E-state index in [4.69, 9.17) is 11.6 Å². The average molecular weight is 366 g/mol. The van der Waals surface area contributed by atoms with Gasteiger partial charge in [0.2, 0.25) is 0 Å². The minimum atomic E-state index is -0.0923. The summed E-state index contributed by atoms with van der Waals surface area (Å²) >= 11 is 6.11. The fraction of sp³-hybridized carbons (Fsp3) is 0.190. The van der Waals surface area contributed by atoms with E-state index in [-0.39, 0.29) is 5.91 Å². The van der Waals surface area contributed by atoms with Crippen LogP contribution in [0.25, 0.3) is 22.6 Å². The van der Waals surface area contributed by atoms with Crippen LogP contribution in [-0.2, 0) is 11.3 Å². The molecule has 0 atom stereocenters. The number of anilines is 1. The van der Waals surface area contributed by atoms with E-state index in [0.717, 1.165) is 29.9 Å². The van der Waals surface area contributed by atoms with Gasteiger partial charge >= 0.3 is 0 Å². The number of fused-ring (bicyclic) bond motifs is 2. The summed E-state index contributed by atoms with van der Waals surface area (Å²) in [4.78, 5) is 14.5. The van der Waals surface area contributed by atoms with Gasteiger partial charge in [0.1, 0.15) is 0 Å². The quantitative estimate of drug-likeness (QED) is 0.698. The monoisotopic (exact) mass is 365 g/mol. The standard InChI is InChI=1S/C21H20ClN3O/c1-24(2)9-10-25-8-7-15-4-3-14(12-20(15)25)11-18-17-13-16(22)5-6-19(17)23-21(18)26/h3-8,11-13H,9-10H2,1-2H3,(H,23,26)/b18-11+. The van der Waals surface area contributed by atoms with Crippen molar-refractivity contribution >= 4 is 45.7 Å². The number of carbonyl (C=O) groups excluding carboxylic acids is 1. The smallest absolute Gasteiger partial charge is 0.256 e. The van der Waals surface area contributed by atoms with Crippen molar-refractivity contribution in [1.29, 1.82) is 0 Å². The van der Waals surface area contributed by atoms with Gasteiger partial charge in [-0.2, -0.15) is 0 Å². The molecule has 0 bridgehead atoms. The lowest BCUT2D eigenvalue weighted by Crippen LogP contribution is -2.17. The minimum Gasteiger partial charge on any atom is -0.346 e. The van der Waals surface area contributed by atoms with E-state index >= 15 is 0 Å². The van der Waals surface area contributed by atoms with Gasteiger partial charge in [-0.1, -0.05) is 23.7 Å². The van der Waals surface area contributed by atoms with Crippen molar-refractivity contribution in [2.45, 2.75) is 6.54 Å². The summed E-state index contributed by atoms with van der Waals surface area (Å²) in [5, 5.41) is 4.72. The van der Waals surface area contributed by atoms with Crippen LogP contribution >= 0.6 is 11.6 Å². The molecule has 4 nitrogen and oxygen atoms in total. The second-order valence-corrected chi connectivity index (χ2v) is 7.27. The molecule has 0 saturated carbocycles. The molecule has 3 aromatic rings. The highest BCUT2D eigenvalue weighted by atomic mass is 35.5. The molecule has 5 heteroatoms. The Morgan fingerprint density at radius 1 is 1.15 bits per heavy atom. The molecule has 4 rings (SSSR count). The third-order valence-electron chi connectivity index (χ3n) is 4.66. The molecular formula is C21H20ClN3O. The highest BCUT2D eigenvalue weighted by molar-refractivity contribution is 6.36. The fourth-order valence-electron chi connectivity index (χ4n) is 3.26. The molecule has 1 aliphatic heterocycles. The topological polar surface area (TPSA) is 37.3 Å². The number of rotatable bonds is 4. The van der Waals surface area contributed by atoms with Crippen molar-refractivity contribution in [3.8, 4) is 0 Å². The van der Waals surface area contributed by atoms with Gasteiger partial charge in [0, 0.05) is 46.6 Å². The van der Waals surface area contributed by atoms with Crippen LogP contribution in [0.3, 0.4) is 0 Å². The van der Waals surface area contributed by atoms with E-state index in [9.17, 15) is 4.79 Å². The molecule has 2 heterocycles. The number of benzene rings is 2. The van der Waals surface area contributed by atoms with E-state index in [1.54, 1.807) is 6.07 Å². The van der Waals surface area contributed by atoms with Gasteiger partial charge in [0.25, 0.3) is 5.91 Å². The molecule has 0 radical (unpaired) electrons. The number of hydrogen-bond donors (Lipinski definition) is 1. The molecule has 0 saturated heterocycles. The van der Waals surface area contributed by atoms with Crippen molar-refractivity contribution < 1.29 is 4.79 Å². The Kier molecular flexibility index (Phi) is 4.31. The highest BCUT2D eigenvalue weighted by Crippen LogP contribution is 2.35. The summed E-state index contributed by atoms with van der Waals surface area (Å²) in [6, 6.07) is 13.9. The molecule has 1 N–H and O–H groups in total. The molecular weight excluding hydrogens is 346 g/mol. The first kappa shape index (κ1) is 16.9. The molecule has 2 aromatic carbocycles. The summed E-state index contributed by atoms with van der Waals surface area (Å²) in [5.74, 6) is -0.0923. The number of likely N-dealkylation sites (N-methyl/N-ethyl adjacent to an activating group) is 1. The van der Waals surface area contributed by atoms with Crippen LogP contribution < -0.4 is 5.32 Å². The largest absolute Gasteiger partial charge is 0.346 e. The summed E-state index contributed by atoms with van der Waals surface area (Å²) in [6.45, 7) is 1.90. The zero-order valence-electron chi connectivity index (χ0n) is 14.8. The SMILES string of the molecule is CN(C)CCn1ccc2ccc(/C=C3/C(=O)Nc4ccc(Cl)cc43)cc21. The molecule has 0 aliphatic carbocycles. The van der Waals surface area contributed by atoms with Gasteiger partial charge in [-0.15, -0.1) is 0 Å². The van der Waals surface area contributed by atoms with Crippen molar-refractivity contribution in [1.82, 2.24) is 9.47 Å². The van der Waals surface area contributed by atoms with Crippen LogP contribution in [-0.4, -0.2) is 36.0 Å². The first-order valence-electron chi connectivity index (χ1n) is 8.58. The normalized spacial score (nSPS) is 15.1. The summed E-state index contributed by atoms with van der Waals surface area (Å²) in [7, 11) is 4.14. The Balaban J connectivity index is 1.73. The van der Waals surface area contributed by atoms with Crippen molar-refractivity contribution in [3.63, 3.8) is 0 Å². The van der Waals surface area contributed by atoms with Gasteiger partial charge in [0.15, 0.2) is 0 Å². The van der Waals surface area contributed by atoms with Crippen LogP contribution in [0.2, 0.25) is 5.02 Å². The van der Waals surface area contributed by atoms with Crippen LogP contribution in [0.15, 0.2) is 48.7 Å². The average Bonchev–Trinajstić information content (AvgIpc) is 3.14. The Hall–Kier alpha value is -2.56. The maximum atomic E-state index is 12.4. The third kappa shape index (κ3) is 3.14. The van der Waals surface area contributed by atoms with Crippen LogP contribution in [0.5, 0.6) is 0 Å². The Bertz CT molecular complexity index is 1030. The van der Waals surface area contributed by atoms with Crippen molar-refractivity contribution in [2.24, 2.45) is 0 Å². The molecule has 26 heavy (non-hydrogen) atoms. The summed E-state index contributed by atoms with van der Waals surface area (Å²) in [5.41, 5.74) is 4.48. The molecule has 1 amide bonds. The third-order valence-corrected chi connectivity index (χ3v) is 4.90. The lowest BCUT2D eigenvalue weighted by Gasteiger charge is -2.11. The Morgan fingerprint density at radius 3 is 2.81 bits per heavy atom.